The van der Waals surface area contributed by atoms with Gasteiger partial charge in [-0.2, -0.15) is 0 Å². The highest BCUT2D eigenvalue weighted by Gasteiger charge is 2.39. The molecule has 5 nitrogen and oxygen atoms in total. The molecule has 3 rings (SSSR count). The number of nitrogens with one attached hydrogen (secondary N) is 1. The average Bonchev–Trinajstić information content (AvgIpc) is 2.48. The van der Waals surface area contributed by atoms with Gasteiger partial charge in [-0.3, -0.25) is 0 Å². The second-order valence-electron chi connectivity index (χ2n) is 5.80. The van der Waals surface area contributed by atoms with Crippen molar-refractivity contribution < 1.29 is 4.92 Å². The molecule has 0 aliphatic heterocycles. The number of hydrogen-bond acceptors (Lipinski definition) is 4. The Kier molecular flexibility index (Phi) is 4.41. The highest BCUT2D eigenvalue weighted by atomic mass is 35.5. The smallest absolute Gasteiger partial charge is 0.372 e. The first kappa shape index (κ1) is 16.0. The van der Waals surface area contributed by atoms with Gasteiger partial charge in [0.2, 0.25) is 0 Å². The van der Waals surface area contributed by atoms with Gasteiger partial charge in [0, 0.05) is 15.6 Å². The lowest BCUT2D eigenvalue weighted by molar-refractivity contribution is -0.388. The van der Waals surface area contributed by atoms with E-state index in [-0.39, 0.29) is 11.4 Å². The van der Waals surface area contributed by atoms with E-state index >= 15 is 0 Å². The molecule has 1 aliphatic rings. The first-order valence-electron chi connectivity index (χ1n) is 7.31. The summed E-state index contributed by atoms with van der Waals surface area (Å²) in [5, 5.41) is 15.7. The van der Waals surface area contributed by atoms with Crippen LogP contribution >= 0.6 is 23.2 Å². The molecule has 0 saturated heterocycles. The van der Waals surface area contributed by atoms with Crippen molar-refractivity contribution in [1.82, 2.24) is 4.98 Å². The van der Waals surface area contributed by atoms with E-state index in [0.717, 1.165) is 24.8 Å². The van der Waals surface area contributed by atoms with Crippen molar-refractivity contribution in [3.63, 3.8) is 0 Å². The molecule has 1 aromatic carbocycles. The lowest BCUT2D eigenvalue weighted by atomic mass is 9.72. The second-order valence-corrected chi connectivity index (χ2v) is 6.65. The molecule has 120 valence electrons. The summed E-state index contributed by atoms with van der Waals surface area (Å²) in [5.74, 6) is -0.152. The van der Waals surface area contributed by atoms with Crippen molar-refractivity contribution in [2.75, 3.05) is 5.32 Å². The van der Waals surface area contributed by atoms with Crippen LogP contribution < -0.4 is 5.32 Å². The van der Waals surface area contributed by atoms with E-state index in [4.69, 9.17) is 23.2 Å². The van der Waals surface area contributed by atoms with Crippen LogP contribution in [0.3, 0.4) is 0 Å². The zero-order valence-electron chi connectivity index (χ0n) is 12.3. The highest BCUT2D eigenvalue weighted by molar-refractivity contribution is 6.35. The fraction of sp³-hybridized carbons (Fsp3) is 0.312. The van der Waals surface area contributed by atoms with E-state index in [0.29, 0.717) is 22.2 Å². The zero-order valence-corrected chi connectivity index (χ0v) is 13.8. The number of rotatable bonds is 5. The molecule has 1 saturated carbocycles. The molecule has 0 radical (unpaired) electrons. The fourth-order valence-corrected chi connectivity index (χ4v) is 3.38. The maximum absolute atomic E-state index is 11.1. The maximum atomic E-state index is 11.1. The van der Waals surface area contributed by atoms with Crippen molar-refractivity contribution >= 4 is 34.7 Å². The molecule has 0 spiro atoms. The molecule has 1 N–H and O–H groups in total. The third kappa shape index (κ3) is 3.41. The van der Waals surface area contributed by atoms with Crippen LogP contribution in [0.5, 0.6) is 0 Å². The first-order valence-corrected chi connectivity index (χ1v) is 8.06. The van der Waals surface area contributed by atoms with E-state index in [1.807, 2.05) is 12.1 Å². The molecule has 1 heterocycles. The molecule has 0 amide bonds. The van der Waals surface area contributed by atoms with Crippen molar-refractivity contribution in [2.45, 2.75) is 31.2 Å². The molecule has 0 unspecified atom stereocenters. The van der Waals surface area contributed by atoms with Crippen LogP contribution in [0.4, 0.5) is 11.5 Å². The summed E-state index contributed by atoms with van der Waals surface area (Å²) < 4.78 is 0. The largest absolute Gasteiger partial charge is 0.386 e. The Bertz CT molecular complexity index is 748. The van der Waals surface area contributed by atoms with Crippen LogP contribution in [0.1, 0.15) is 24.8 Å². The Morgan fingerprint density at radius 2 is 2.09 bits per heavy atom. The summed E-state index contributed by atoms with van der Waals surface area (Å²) in [6, 6.07) is 8.81. The monoisotopic (exact) mass is 351 g/mol. The van der Waals surface area contributed by atoms with E-state index in [1.54, 1.807) is 18.2 Å². The Morgan fingerprint density at radius 3 is 2.70 bits per heavy atom. The molecule has 2 aromatic rings. The van der Waals surface area contributed by atoms with Gasteiger partial charge in [-0.15, -0.1) is 0 Å². The van der Waals surface area contributed by atoms with Crippen LogP contribution in [-0.4, -0.2) is 15.4 Å². The number of anilines is 1. The maximum Gasteiger partial charge on any atom is 0.386 e. The normalized spacial score (nSPS) is 15.7. The predicted molar refractivity (Wildman–Crippen MR) is 91.3 cm³/mol. The lowest BCUT2D eigenvalue weighted by Gasteiger charge is -2.43. The number of benzene rings is 1. The highest BCUT2D eigenvalue weighted by Crippen LogP contribution is 2.41. The Balaban J connectivity index is 1.86. The number of nitro groups is 1. The van der Waals surface area contributed by atoms with Crippen LogP contribution in [0.25, 0.3) is 0 Å². The molecule has 1 fully saturated rings. The van der Waals surface area contributed by atoms with Gasteiger partial charge in [-0.1, -0.05) is 29.3 Å². The molecule has 0 bridgehead atoms. The summed E-state index contributed by atoms with van der Waals surface area (Å²) in [5.41, 5.74) is 1.20. The van der Waals surface area contributed by atoms with E-state index in [1.165, 1.54) is 6.20 Å². The van der Waals surface area contributed by atoms with Gasteiger partial charge in [0.15, 0.2) is 0 Å². The second kappa shape index (κ2) is 6.34. The Hall–Kier alpha value is -1.85. The summed E-state index contributed by atoms with van der Waals surface area (Å²) >= 11 is 12.2. The fourth-order valence-electron chi connectivity index (χ4n) is 2.90. The van der Waals surface area contributed by atoms with Crippen LogP contribution in [0.2, 0.25) is 10.0 Å². The van der Waals surface area contributed by atoms with Crippen molar-refractivity contribution in [2.24, 2.45) is 0 Å². The summed E-state index contributed by atoms with van der Waals surface area (Å²) in [7, 11) is 0. The van der Waals surface area contributed by atoms with Crippen LogP contribution in [-0.2, 0) is 6.42 Å². The number of halogens is 2. The molecular formula is C16H15Cl2N3O2. The van der Waals surface area contributed by atoms with Crippen LogP contribution in [0, 0.1) is 10.1 Å². The van der Waals surface area contributed by atoms with E-state index in [2.05, 4.69) is 10.3 Å². The number of hydrogen-bond donors (Lipinski definition) is 1. The summed E-state index contributed by atoms with van der Waals surface area (Å²) in [4.78, 5) is 14.5. The third-order valence-electron chi connectivity index (χ3n) is 4.21. The summed E-state index contributed by atoms with van der Waals surface area (Å²) in [6.07, 6.45) is 5.05. The minimum Gasteiger partial charge on any atom is -0.372 e. The van der Waals surface area contributed by atoms with Gasteiger partial charge < -0.3 is 15.4 Å². The topological polar surface area (TPSA) is 68.1 Å². The Morgan fingerprint density at radius 1 is 1.30 bits per heavy atom. The number of aromatic nitrogens is 1. The molecule has 1 aromatic heterocycles. The van der Waals surface area contributed by atoms with Gasteiger partial charge in [0.25, 0.3) is 0 Å². The van der Waals surface area contributed by atoms with Gasteiger partial charge in [0.05, 0.1) is 0 Å². The van der Waals surface area contributed by atoms with E-state index in [9.17, 15) is 10.1 Å². The van der Waals surface area contributed by atoms with Crippen molar-refractivity contribution in [3.05, 3.63) is 62.3 Å². The zero-order chi connectivity index (χ0) is 16.4. The summed E-state index contributed by atoms with van der Waals surface area (Å²) in [6.45, 7) is 0. The predicted octanol–water partition coefficient (Wildman–Crippen LogP) is 4.87. The van der Waals surface area contributed by atoms with Crippen molar-refractivity contribution in [3.8, 4) is 0 Å². The first-order chi connectivity index (χ1) is 11.0. The molecule has 0 atom stereocenters. The number of pyridine rings is 1. The molecule has 23 heavy (non-hydrogen) atoms. The Labute approximate surface area is 143 Å². The van der Waals surface area contributed by atoms with Crippen molar-refractivity contribution in [1.29, 1.82) is 0 Å². The molecule has 1 aliphatic carbocycles. The average molecular weight is 352 g/mol. The standard InChI is InChI=1S/C16H15Cl2N3O2/c17-12-5-4-11(13(18)9-12)10-16(6-2-7-16)20-14-3-1-8-19-15(14)21(22)23/h1,3-5,8-9,20H,2,6-7,10H2. The van der Waals surface area contributed by atoms with E-state index < -0.39 is 4.92 Å². The third-order valence-corrected chi connectivity index (χ3v) is 4.80. The SMILES string of the molecule is O=[N+]([O-])c1ncccc1NC1(Cc2ccc(Cl)cc2Cl)CCC1. The van der Waals surface area contributed by atoms with Gasteiger partial charge in [-0.05, 0) is 65.4 Å². The molecule has 7 heteroatoms. The number of nitrogens with zero attached hydrogens (tertiary/aromatic N) is 2. The minimum absolute atomic E-state index is 0.152. The van der Waals surface area contributed by atoms with Gasteiger partial charge in [0.1, 0.15) is 11.9 Å². The van der Waals surface area contributed by atoms with Gasteiger partial charge >= 0.3 is 5.82 Å². The minimum atomic E-state index is -0.468. The molecular weight excluding hydrogens is 337 g/mol. The van der Waals surface area contributed by atoms with Gasteiger partial charge in [-0.25, -0.2) is 0 Å². The van der Waals surface area contributed by atoms with Crippen LogP contribution in [0.15, 0.2) is 36.5 Å². The lowest BCUT2D eigenvalue weighted by Crippen LogP contribution is -2.47. The quantitative estimate of drug-likeness (QED) is 0.615.